The minimum Gasteiger partial charge on any atom is -0.324 e. The van der Waals surface area contributed by atoms with Gasteiger partial charge in [-0.05, 0) is 31.5 Å². The maximum atomic E-state index is 13.4. The molecule has 0 atom stereocenters. The molecule has 1 saturated heterocycles. The second-order valence-electron chi connectivity index (χ2n) is 6.07. The van der Waals surface area contributed by atoms with Crippen molar-refractivity contribution in [2.24, 2.45) is 7.05 Å². The van der Waals surface area contributed by atoms with E-state index >= 15 is 0 Å². The van der Waals surface area contributed by atoms with E-state index in [1.54, 1.807) is 16.8 Å². The van der Waals surface area contributed by atoms with Crippen LogP contribution in [0.15, 0.2) is 18.2 Å². The van der Waals surface area contributed by atoms with E-state index in [1.807, 2.05) is 20.0 Å². The molecular weight excluding hydrogens is 302 g/mol. The van der Waals surface area contributed by atoms with Crippen molar-refractivity contribution in [2.45, 2.75) is 32.1 Å². The highest BCUT2D eigenvalue weighted by Crippen LogP contribution is 2.28. The first-order chi connectivity index (χ1) is 10.9. The Labute approximate surface area is 133 Å². The number of aromatic nitrogens is 2. The number of halogens is 2. The fraction of sp³-hybridized carbons (Fsp3) is 0.500. The smallest absolute Gasteiger partial charge is 0.321 e. The molecule has 2 amide bonds. The molecular formula is C16H20F2N4O. The number of carbonyl (C=O) groups excluding carboxylic acids is 1. The third-order valence-electron chi connectivity index (χ3n) is 4.39. The van der Waals surface area contributed by atoms with E-state index in [9.17, 15) is 13.6 Å². The van der Waals surface area contributed by atoms with Crippen LogP contribution in [0.1, 0.15) is 25.0 Å². The lowest BCUT2D eigenvalue weighted by molar-refractivity contribution is -0.0121. The number of fused-ring (bicyclic) bond motifs is 1. The zero-order valence-electron chi connectivity index (χ0n) is 13.3. The van der Waals surface area contributed by atoms with Crippen LogP contribution < -0.4 is 5.32 Å². The van der Waals surface area contributed by atoms with Gasteiger partial charge in [0.05, 0.1) is 5.52 Å². The van der Waals surface area contributed by atoms with Gasteiger partial charge in [-0.3, -0.25) is 4.68 Å². The molecule has 0 bridgehead atoms. The first-order valence-electron chi connectivity index (χ1n) is 7.73. The number of nitrogens with zero attached hydrogens (tertiary/aromatic N) is 3. The van der Waals surface area contributed by atoms with Crippen LogP contribution in [0.4, 0.5) is 19.3 Å². The Morgan fingerprint density at radius 2 is 2.09 bits per heavy atom. The Morgan fingerprint density at radius 1 is 1.30 bits per heavy atom. The summed E-state index contributed by atoms with van der Waals surface area (Å²) in [6, 6.07) is 5.17. The van der Waals surface area contributed by atoms with Gasteiger partial charge in [-0.15, -0.1) is 0 Å². The first kappa shape index (κ1) is 15.7. The minimum absolute atomic E-state index is 0.0732. The third-order valence-corrected chi connectivity index (χ3v) is 4.39. The molecule has 1 N–H and O–H groups in total. The lowest BCUT2D eigenvalue weighted by Gasteiger charge is -2.21. The van der Waals surface area contributed by atoms with Gasteiger partial charge < -0.3 is 10.2 Å². The molecule has 0 aliphatic carbocycles. The molecule has 0 spiro atoms. The molecule has 2 heterocycles. The average Bonchev–Trinajstić information content (AvgIpc) is 2.66. The number of alkyl halides is 2. The van der Waals surface area contributed by atoms with Gasteiger partial charge in [-0.25, -0.2) is 13.6 Å². The average molecular weight is 322 g/mol. The zero-order valence-corrected chi connectivity index (χ0v) is 13.3. The van der Waals surface area contributed by atoms with Crippen molar-refractivity contribution < 1.29 is 13.6 Å². The Balaban J connectivity index is 1.72. The highest BCUT2D eigenvalue weighted by Gasteiger charge is 2.33. The molecule has 2 aromatic rings. The van der Waals surface area contributed by atoms with Gasteiger partial charge in [0.2, 0.25) is 5.92 Å². The minimum atomic E-state index is -2.67. The molecule has 1 aliphatic rings. The van der Waals surface area contributed by atoms with Gasteiger partial charge in [-0.1, -0.05) is 0 Å². The molecule has 124 valence electrons. The molecule has 0 unspecified atom stereocenters. The van der Waals surface area contributed by atoms with Gasteiger partial charge in [0, 0.05) is 49.7 Å². The molecule has 0 radical (unpaired) electrons. The van der Waals surface area contributed by atoms with E-state index < -0.39 is 5.92 Å². The van der Waals surface area contributed by atoms with Crippen LogP contribution in [0.5, 0.6) is 0 Å². The maximum Gasteiger partial charge on any atom is 0.321 e. The summed E-state index contributed by atoms with van der Waals surface area (Å²) in [5.74, 6) is -2.67. The molecule has 3 rings (SSSR count). The summed E-state index contributed by atoms with van der Waals surface area (Å²) < 4.78 is 28.5. The summed E-state index contributed by atoms with van der Waals surface area (Å²) in [6.07, 6.45) is -0.117. The van der Waals surface area contributed by atoms with E-state index in [2.05, 4.69) is 10.4 Å². The standard InChI is InChI=1S/C16H20F2N4O/c1-11-13-5-4-12(10-14(13)20-21(11)2)19-15(23)22-8-3-6-16(17,18)7-9-22/h4-5,10H,3,6-9H2,1-2H3,(H,19,23). The lowest BCUT2D eigenvalue weighted by Crippen LogP contribution is -2.36. The van der Waals surface area contributed by atoms with E-state index in [0.29, 0.717) is 18.7 Å². The highest BCUT2D eigenvalue weighted by atomic mass is 19.3. The molecule has 23 heavy (non-hydrogen) atoms. The number of urea groups is 1. The van der Waals surface area contributed by atoms with Crippen LogP contribution >= 0.6 is 0 Å². The number of rotatable bonds is 1. The monoisotopic (exact) mass is 322 g/mol. The second-order valence-corrected chi connectivity index (χ2v) is 6.07. The van der Waals surface area contributed by atoms with E-state index in [-0.39, 0.29) is 25.4 Å². The third kappa shape index (κ3) is 3.28. The Hall–Kier alpha value is -2.18. The predicted octanol–water partition coefficient (Wildman–Crippen LogP) is 3.53. The summed E-state index contributed by atoms with van der Waals surface area (Å²) in [5, 5.41) is 8.19. The van der Waals surface area contributed by atoms with Crippen LogP contribution in [0.2, 0.25) is 0 Å². The fourth-order valence-electron chi connectivity index (χ4n) is 2.88. The van der Waals surface area contributed by atoms with Crippen LogP contribution in [0, 0.1) is 6.92 Å². The van der Waals surface area contributed by atoms with Crippen molar-refractivity contribution in [2.75, 3.05) is 18.4 Å². The maximum absolute atomic E-state index is 13.4. The summed E-state index contributed by atoms with van der Waals surface area (Å²) in [5.41, 5.74) is 2.47. The Bertz CT molecular complexity index is 741. The Kier molecular flexibility index (Phi) is 3.95. The van der Waals surface area contributed by atoms with Crippen LogP contribution in [-0.2, 0) is 7.05 Å². The number of hydrogen-bond donors (Lipinski definition) is 1. The SMILES string of the molecule is Cc1c2ccc(NC(=O)N3CCCC(F)(F)CC3)cc2nn1C. The number of carbonyl (C=O) groups is 1. The van der Waals surface area contributed by atoms with Crippen molar-refractivity contribution in [3.8, 4) is 0 Å². The van der Waals surface area contributed by atoms with Crippen molar-refractivity contribution in [3.63, 3.8) is 0 Å². The van der Waals surface area contributed by atoms with Crippen LogP contribution in [0.3, 0.4) is 0 Å². The lowest BCUT2D eigenvalue weighted by atomic mass is 10.1. The highest BCUT2D eigenvalue weighted by molar-refractivity contribution is 5.93. The molecule has 1 aliphatic heterocycles. The molecule has 1 fully saturated rings. The largest absolute Gasteiger partial charge is 0.324 e. The molecule has 1 aromatic heterocycles. The van der Waals surface area contributed by atoms with Crippen LogP contribution in [0.25, 0.3) is 10.9 Å². The van der Waals surface area contributed by atoms with E-state index in [1.165, 1.54) is 4.90 Å². The van der Waals surface area contributed by atoms with Crippen molar-refractivity contribution >= 4 is 22.6 Å². The second kappa shape index (κ2) is 5.79. The number of aryl methyl sites for hydroxylation is 2. The number of anilines is 1. The normalized spacial score (nSPS) is 18.0. The van der Waals surface area contributed by atoms with Gasteiger partial charge >= 0.3 is 6.03 Å². The molecule has 0 saturated carbocycles. The number of nitrogens with one attached hydrogen (secondary N) is 1. The predicted molar refractivity (Wildman–Crippen MR) is 84.8 cm³/mol. The summed E-state index contributed by atoms with van der Waals surface area (Å²) in [6.45, 7) is 2.40. The van der Waals surface area contributed by atoms with Crippen LogP contribution in [-0.4, -0.2) is 39.7 Å². The number of benzene rings is 1. The summed E-state index contributed by atoms with van der Waals surface area (Å²) in [7, 11) is 1.87. The van der Waals surface area contributed by atoms with Crippen molar-refractivity contribution in [1.29, 1.82) is 0 Å². The number of amides is 2. The first-order valence-corrected chi connectivity index (χ1v) is 7.73. The Morgan fingerprint density at radius 3 is 2.87 bits per heavy atom. The summed E-state index contributed by atoms with van der Waals surface area (Å²) >= 11 is 0. The number of likely N-dealkylation sites (tertiary alicyclic amines) is 1. The topological polar surface area (TPSA) is 50.2 Å². The van der Waals surface area contributed by atoms with E-state index in [0.717, 1.165) is 16.6 Å². The van der Waals surface area contributed by atoms with Gasteiger partial charge in [0.1, 0.15) is 0 Å². The number of hydrogen-bond acceptors (Lipinski definition) is 2. The molecule has 7 heteroatoms. The molecule has 5 nitrogen and oxygen atoms in total. The van der Waals surface area contributed by atoms with Gasteiger partial charge in [0.15, 0.2) is 0 Å². The fourth-order valence-corrected chi connectivity index (χ4v) is 2.88. The van der Waals surface area contributed by atoms with Gasteiger partial charge in [0.25, 0.3) is 0 Å². The quantitative estimate of drug-likeness (QED) is 0.873. The van der Waals surface area contributed by atoms with Crippen molar-refractivity contribution in [3.05, 3.63) is 23.9 Å². The van der Waals surface area contributed by atoms with Crippen molar-refractivity contribution in [1.82, 2.24) is 14.7 Å². The van der Waals surface area contributed by atoms with E-state index in [4.69, 9.17) is 0 Å². The zero-order chi connectivity index (χ0) is 16.6. The van der Waals surface area contributed by atoms with Gasteiger partial charge in [-0.2, -0.15) is 5.10 Å². The summed E-state index contributed by atoms with van der Waals surface area (Å²) in [4.78, 5) is 13.7. The molecule has 1 aromatic carbocycles.